The fraction of sp³-hybridized carbons (Fsp3) is 0.0476. The van der Waals surface area contributed by atoms with Crippen LogP contribution in [0.15, 0.2) is 88.9 Å². The van der Waals surface area contributed by atoms with Gasteiger partial charge < -0.3 is 4.74 Å². The number of hydrazine groups is 1. The maximum atomic E-state index is 12.4. The third-order valence-corrected chi connectivity index (χ3v) is 4.66. The van der Waals surface area contributed by atoms with Gasteiger partial charge in [-0.15, -0.1) is 0 Å². The number of aromatic nitrogens is 1. The van der Waals surface area contributed by atoms with Crippen LogP contribution in [-0.2, 0) is 9.53 Å². The molecule has 1 aromatic heterocycles. The van der Waals surface area contributed by atoms with Crippen LogP contribution in [0.3, 0.4) is 0 Å². The Morgan fingerprint density at radius 1 is 0.862 bits per heavy atom. The maximum absolute atomic E-state index is 12.4. The Morgan fingerprint density at radius 3 is 2.28 bits per heavy atom. The van der Waals surface area contributed by atoms with E-state index in [-0.39, 0.29) is 5.56 Å². The van der Waals surface area contributed by atoms with Crippen LogP contribution in [0.5, 0.6) is 0 Å². The van der Waals surface area contributed by atoms with Gasteiger partial charge in [-0.3, -0.25) is 20.4 Å². The van der Waals surface area contributed by atoms with Crippen molar-refractivity contribution in [3.8, 4) is 0 Å². The van der Waals surface area contributed by atoms with Crippen molar-refractivity contribution in [2.24, 2.45) is 0 Å². The van der Waals surface area contributed by atoms with Crippen LogP contribution in [0.1, 0.15) is 20.7 Å². The smallest absolute Gasteiger partial charge is 0.341 e. The summed E-state index contributed by atoms with van der Waals surface area (Å²) in [7, 11) is 0. The van der Waals surface area contributed by atoms with E-state index in [9.17, 15) is 14.4 Å². The van der Waals surface area contributed by atoms with E-state index in [0.29, 0.717) is 10.6 Å². The van der Waals surface area contributed by atoms with Gasteiger partial charge in [-0.1, -0.05) is 48.2 Å². The molecule has 0 aliphatic rings. The standard InChI is InChI=1S/C21H17N3O4S/c25-18(23-24-19(26)15-8-3-1-4-9-15)14-28-21(27)17-12-7-13-22-20(17)29-16-10-5-2-6-11-16/h1-13H,14H2,(H,23,25)(H,24,26). The second-order valence-electron chi connectivity index (χ2n) is 5.72. The summed E-state index contributed by atoms with van der Waals surface area (Å²) in [5, 5.41) is 0.474. The van der Waals surface area contributed by atoms with Crippen LogP contribution in [0, 0.1) is 0 Å². The number of rotatable bonds is 6. The Balaban J connectivity index is 1.53. The summed E-state index contributed by atoms with van der Waals surface area (Å²) in [6.07, 6.45) is 1.58. The molecular weight excluding hydrogens is 390 g/mol. The van der Waals surface area contributed by atoms with Crippen molar-refractivity contribution in [2.45, 2.75) is 9.92 Å². The van der Waals surface area contributed by atoms with Crippen LogP contribution in [-0.4, -0.2) is 29.4 Å². The van der Waals surface area contributed by atoms with Crippen molar-refractivity contribution >= 4 is 29.5 Å². The average molecular weight is 407 g/mol. The van der Waals surface area contributed by atoms with Crippen molar-refractivity contribution in [1.29, 1.82) is 0 Å². The van der Waals surface area contributed by atoms with Gasteiger partial charge in [-0.2, -0.15) is 0 Å². The minimum absolute atomic E-state index is 0.252. The molecule has 0 spiro atoms. The SMILES string of the molecule is O=C(COC(=O)c1cccnc1Sc1ccccc1)NNC(=O)c1ccccc1. The van der Waals surface area contributed by atoms with Gasteiger partial charge in [0.25, 0.3) is 11.8 Å². The van der Waals surface area contributed by atoms with Gasteiger partial charge in [0.1, 0.15) is 5.03 Å². The molecule has 0 fully saturated rings. The third-order valence-electron chi connectivity index (χ3n) is 3.63. The minimum atomic E-state index is -0.680. The van der Waals surface area contributed by atoms with Gasteiger partial charge in [0.05, 0.1) is 5.56 Å². The maximum Gasteiger partial charge on any atom is 0.341 e. The number of pyridine rings is 1. The largest absolute Gasteiger partial charge is 0.452 e. The summed E-state index contributed by atoms with van der Waals surface area (Å²) < 4.78 is 5.05. The molecule has 2 aromatic carbocycles. The third kappa shape index (κ3) is 5.91. The normalized spacial score (nSPS) is 10.1. The molecule has 0 radical (unpaired) electrons. The van der Waals surface area contributed by atoms with Crippen LogP contribution >= 0.6 is 11.8 Å². The molecule has 3 aromatic rings. The molecule has 29 heavy (non-hydrogen) atoms. The van der Waals surface area contributed by atoms with E-state index in [0.717, 1.165) is 4.90 Å². The highest BCUT2D eigenvalue weighted by molar-refractivity contribution is 7.99. The second-order valence-corrected chi connectivity index (χ2v) is 6.78. The number of carbonyl (C=O) groups excluding carboxylic acids is 3. The van der Waals surface area contributed by atoms with Crippen LogP contribution in [0.25, 0.3) is 0 Å². The first kappa shape index (κ1) is 20.1. The number of nitrogens with one attached hydrogen (secondary N) is 2. The van der Waals surface area contributed by atoms with Crippen LogP contribution in [0.4, 0.5) is 0 Å². The second kappa shape index (κ2) is 10.0. The van der Waals surface area contributed by atoms with E-state index in [4.69, 9.17) is 4.74 Å². The van der Waals surface area contributed by atoms with Crippen molar-refractivity contribution in [3.63, 3.8) is 0 Å². The first-order valence-electron chi connectivity index (χ1n) is 8.63. The zero-order valence-electron chi connectivity index (χ0n) is 15.2. The highest BCUT2D eigenvalue weighted by Crippen LogP contribution is 2.28. The molecule has 1 heterocycles. The monoisotopic (exact) mass is 407 g/mol. The van der Waals surface area contributed by atoms with E-state index < -0.39 is 24.4 Å². The topological polar surface area (TPSA) is 97.4 Å². The minimum Gasteiger partial charge on any atom is -0.452 e. The Labute approximate surface area is 171 Å². The lowest BCUT2D eigenvalue weighted by molar-refractivity contribution is -0.125. The first-order valence-corrected chi connectivity index (χ1v) is 9.44. The molecule has 2 N–H and O–H groups in total. The summed E-state index contributed by atoms with van der Waals surface area (Å²) in [4.78, 5) is 41.3. The predicted octanol–water partition coefficient (Wildman–Crippen LogP) is 2.85. The molecule has 0 saturated carbocycles. The predicted molar refractivity (Wildman–Crippen MR) is 107 cm³/mol. The summed E-state index contributed by atoms with van der Waals surface area (Å²) in [5.74, 6) is -1.82. The van der Waals surface area contributed by atoms with E-state index >= 15 is 0 Å². The number of ether oxygens (including phenoxy) is 1. The molecule has 2 amide bonds. The molecule has 0 atom stereocenters. The Hall–Kier alpha value is -3.65. The molecule has 7 nitrogen and oxygen atoms in total. The zero-order valence-corrected chi connectivity index (χ0v) is 16.0. The Morgan fingerprint density at radius 2 is 1.55 bits per heavy atom. The van der Waals surface area contributed by atoms with Crippen molar-refractivity contribution in [2.75, 3.05) is 6.61 Å². The lowest BCUT2D eigenvalue weighted by atomic mass is 10.2. The van der Waals surface area contributed by atoms with Crippen LogP contribution < -0.4 is 10.9 Å². The average Bonchev–Trinajstić information content (AvgIpc) is 2.77. The Bertz CT molecular complexity index is 997. The highest BCUT2D eigenvalue weighted by Gasteiger charge is 2.16. The van der Waals surface area contributed by atoms with E-state index in [1.807, 2.05) is 30.3 Å². The van der Waals surface area contributed by atoms with Gasteiger partial charge >= 0.3 is 5.97 Å². The number of carbonyl (C=O) groups is 3. The van der Waals surface area contributed by atoms with Crippen molar-refractivity contribution in [3.05, 3.63) is 90.1 Å². The molecule has 8 heteroatoms. The molecule has 0 bridgehead atoms. The summed E-state index contributed by atoms with van der Waals surface area (Å²) in [5.41, 5.74) is 5.11. The highest BCUT2D eigenvalue weighted by atomic mass is 32.2. The first-order chi connectivity index (χ1) is 14.1. The van der Waals surface area contributed by atoms with Crippen molar-refractivity contribution in [1.82, 2.24) is 15.8 Å². The molecule has 146 valence electrons. The van der Waals surface area contributed by atoms with Gasteiger partial charge in [-0.05, 0) is 36.4 Å². The van der Waals surface area contributed by atoms with Gasteiger partial charge in [-0.25, -0.2) is 9.78 Å². The van der Waals surface area contributed by atoms with Gasteiger partial charge in [0, 0.05) is 16.7 Å². The molecule has 0 saturated heterocycles. The fourth-order valence-electron chi connectivity index (χ4n) is 2.26. The number of amides is 2. The number of esters is 1. The summed E-state index contributed by atoms with van der Waals surface area (Å²) in [6, 6.07) is 21.1. The van der Waals surface area contributed by atoms with Gasteiger partial charge in [0.15, 0.2) is 6.61 Å². The lowest BCUT2D eigenvalue weighted by Crippen LogP contribution is -2.43. The number of hydrogen-bond donors (Lipinski definition) is 2. The summed E-state index contributed by atoms with van der Waals surface area (Å²) in [6.45, 7) is -0.543. The quantitative estimate of drug-likeness (QED) is 0.482. The molecule has 3 rings (SSSR count). The fourth-order valence-corrected chi connectivity index (χ4v) is 3.15. The zero-order chi connectivity index (χ0) is 20.5. The molecular formula is C21H17N3O4S. The number of benzene rings is 2. The molecule has 0 aliphatic carbocycles. The Kier molecular flexibility index (Phi) is 6.96. The molecule has 0 unspecified atom stereocenters. The van der Waals surface area contributed by atoms with E-state index in [1.54, 1.807) is 48.7 Å². The summed E-state index contributed by atoms with van der Waals surface area (Å²) >= 11 is 1.32. The number of hydrogen-bond acceptors (Lipinski definition) is 6. The number of nitrogens with zero attached hydrogens (tertiary/aromatic N) is 1. The molecule has 0 aliphatic heterocycles. The van der Waals surface area contributed by atoms with Crippen LogP contribution in [0.2, 0.25) is 0 Å². The van der Waals surface area contributed by atoms with Gasteiger partial charge in [0.2, 0.25) is 0 Å². The van der Waals surface area contributed by atoms with E-state index in [1.165, 1.54) is 11.8 Å². The van der Waals surface area contributed by atoms with Crippen molar-refractivity contribution < 1.29 is 19.1 Å². The van der Waals surface area contributed by atoms with E-state index in [2.05, 4.69) is 15.8 Å². The lowest BCUT2D eigenvalue weighted by Gasteiger charge is -2.10.